The van der Waals surface area contributed by atoms with Crippen molar-refractivity contribution in [2.45, 2.75) is 19.3 Å². The summed E-state index contributed by atoms with van der Waals surface area (Å²) in [6.45, 7) is 9.19. The van der Waals surface area contributed by atoms with E-state index in [2.05, 4.69) is 58.1 Å². The van der Waals surface area contributed by atoms with Crippen LogP contribution in [-0.4, -0.2) is 60.5 Å². The summed E-state index contributed by atoms with van der Waals surface area (Å²) in [4.78, 5) is 25.0. The number of amides is 1. The van der Waals surface area contributed by atoms with E-state index >= 15 is 0 Å². The number of pyridine rings is 1. The molecular weight excluding hydrogens is 362 g/mol. The smallest absolute Gasteiger partial charge is 0.251 e. The molecule has 1 amide bonds. The molecule has 5 rings (SSSR count). The Labute approximate surface area is 170 Å². The quantitative estimate of drug-likeness (QED) is 0.707. The lowest BCUT2D eigenvalue weighted by Crippen LogP contribution is -2.44. The molecule has 1 fully saturated rings. The van der Waals surface area contributed by atoms with Gasteiger partial charge in [0.05, 0.1) is 11.9 Å². The van der Waals surface area contributed by atoms with E-state index in [1.807, 2.05) is 24.5 Å². The van der Waals surface area contributed by atoms with E-state index in [-0.39, 0.29) is 11.3 Å². The van der Waals surface area contributed by atoms with E-state index in [1.165, 1.54) is 5.69 Å². The van der Waals surface area contributed by atoms with Crippen LogP contribution in [0.4, 0.5) is 5.69 Å². The molecule has 4 heterocycles. The predicted octanol–water partition coefficient (Wildman–Crippen LogP) is 3.00. The number of piperazine rings is 1. The van der Waals surface area contributed by atoms with Gasteiger partial charge in [-0.1, -0.05) is 19.9 Å². The van der Waals surface area contributed by atoms with Gasteiger partial charge in [-0.3, -0.25) is 4.79 Å². The fraction of sp³-hybridized carbons (Fsp3) is 0.391. The summed E-state index contributed by atoms with van der Waals surface area (Å²) >= 11 is 0. The number of hydrogen-bond donors (Lipinski definition) is 2. The van der Waals surface area contributed by atoms with Crippen LogP contribution in [0.1, 0.15) is 29.8 Å². The van der Waals surface area contributed by atoms with Gasteiger partial charge in [0.2, 0.25) is 0 Å². The lowest BCUT2D eigenvalue weighted by atomic mass is 9.78. The Kier molecular flexibility index (Phi) is 4.13. The van der Waals surface area contributed by atoms with Crippen molar-refractivity contribution in [2.75, 3.05) is 44.7 Å². The zero-order valence-corrected chi connectivity index (χ0v) is 17.2. The van der Waals surface area contributed by atoms with Gasteiger partial charge in [-0.2, -0.15) is 0 Å². The van der Waals surface area contributed by atoms with E-state index in [4.69, 9.17) is 0 Å². The predicted molar refractivity (Wildman–Crippen MR) is 117 cm³/mol. The molecule has 1 aromatic carbocycles. The standard InChI is InChI=1S/C23H27N5O/c1-23(2)14-26-22(29)17-5-4-15(10-20(17)23)19-13-25-21-18(19)11-16(12-24-21)28-8-6-27(3)7-9-28/h4-5,10-13H,6-9,14H2,1-3H3,(H,24,25)(H,26,29). The molecule has 0 atom stereocenters. The Balaban J connectivity index is 1.57. The van der Waals surface area contributed by atoms with Gasteiger partial charge >= 0.3 is 0 Å². The number of hydrogen-bond acceptors (Lipinski definition) is 4. The number of carbonyl (C=O) groups is 1. The van der Waals surface area contributed by atoms with Crippen LogP contribution in [0.25, 0.3) is 22.2 Å². The topological polar surface area (TPSA) is 64.3 Å². The largest absolute Gasteiger partial charge is 0.368 e. The third-order valence-electron chi connectivity index (χ3n) is 6.38. The summed E-state index contributed by atoms with van der Waals surface area (Å²) in [7, 11) is 2.17. The molecule has 0 saturated carbocycles. The molecule has 150 valence electrons. The van der Waals surface area contributed by atoms with Crippen LogP contribution in [0, 0.1) is 0 Å². The molecule has 0 spiro atoms. The van der Waals surface area contributed by atoms with Crippen molar-refractivity contribution in [1.82, 2.24) is 20.2 Å². The Bertz CT molecular complexity index is 1090. The van der Waals surface area contributed by atoms with Crippen molar-refractivity contribution in [2.24, 2.45) is 0 Å². The van der Waals surface area contributed by atoms with Crippen molar-refractivity contribution in [1.29, 1.82) is 0 Å². The fourth-order valence-electron chi connectivity index (χ4n) is 4.43. The summed E-state index contributed by atoms with van der Waals surface area (Å²) in [6.07, 6.45) is 4.00. The van der Waals surface area contributed by atoms with Crippen molar-refractivity contribution < 1.29 is 4.79 Å². The Morgan fingerprint density at radius 3 is 2.66 bits per heavy atom. The highest BCUT2D eigenvalue weighted by molar-refractivity contribution is 6.00. The molecule has 2 aliphatic heterocycles. The van der Waals surface area contributed by atoms with E-state index in [1.54, 1.807) is 0 Å². The van der Waals surface area contributed by atoms with Crippen molar-refractivity contribution in [3.05, 3.63) is 47.8 Å². The van der Waals surface area contributed by atoms with E-state index in [0.29, 0.717) is 6.54 Å². The SMILES string of the molecule is CN1CCN(c2cnc3[nH]cc(-c4ccc5c(c4)C(C)(C)CNC5=O)c3c2)CC1. The van der Waals surface area contributed by atoms with Gasteiger partial charge in [0.25, 0.3) is 5.91 Å². The second-order valence-corrected chi connectivity index (χ2v) is 8.91. The number of rotatable bonds is 2. The lowest BCUT2D eigenvalue weighted by Gasteiger charge is -2.33. The van der Waals surface area contributed by atoms with Crippen LogP contribution in [0.5, 0.6) is 0 Å². The molecule has 1 saturated heterocycles. The number of benzene rings is 1. The van der Waals surface area contributed by atoms with Gasteiger partial charge in [0, 0.05) is 60.8 Å². The molecule has 2 aromatic heterocycles. The Morgan fingerprint density at radius 1 is 1.07 bits per heavy atom. The van der Waals surface area contributed by atoms with Gasteiger partial charge in [-0.15, -0.1) is 0 Å². The van der Waals surface area contributed by atoms with Crippen LogP contribution < -0.4 is 10.2 Å². The number of fused-ring (bicyclic) bond motifs is 2. The zero-order valence-electron chi connectivity index (χ0n) is 17.2. The molecule has 6 heteroatoms. The molecule has 0 aliphatic carbocycles. The third-order valence-corrected chi connectivity index (χ3v) is 6.38. The number of nitrogens with one attached hydrogen (secondary N) is 2. The minimum absolute atomic E-state index is 0.0174. The molecule has 3 aromatic rings. The first-order valence-corrected chi connectivity index (χ1v) is 10.3. The minimum atomic E-state index is -0.0887. The van der Waals surface area contributed by atoms with Crippen LogP contribution in [0.15, 0.2) is 36.7 Å². The second-order valence-electron chi connectivity index (χ2n) is 8.91. The van der Waals surface area contributed by atoms with Crippen LogP contribution >= 0.6 is 0 Å². The van der Waals surface area contributed by atoms with Crippen molar-refractivity contribution >= 4 is 22.6 Å². The zero-order chi connectivity index (χ0) is 20.2. The molecule has 29 heavy (non-hydrogen) atoms. The van der Waals surface area contributed by atoms with Gasteiger partial charge < -0.3 is 20.1 Å². The maximum atomic E-state index is 12.3. The summed E-state index contributed by atoms with van der Waals surface area (Å²) in [5.41, 5.74) is 6.12. The summed E-state index contributed by atoms with van der Waals surface area (Å²) in [6, 6.07) is 8.43. The minimum Gasteiger partial charge on any atom is -0.368 e. The van der Waals surface area contributed by atoms with Gasteiger partial charge in [0.1, 0.15) is 5.65 Å². The van der Waals surface area contributed by atoms with Crippen LogP contribution in [0.2, 0.25) is 0 Å². The number of anilines is 1. The normalized spacial score (nSPS) is 19.3. The van der Waals surface area contributed by atoms with Gasteiger partial charge in [-0.25, -0.2) is 4.98 Å². The maximum absolute atomic E-state index is 12.3. The number of carbonyl (C=O) groups excluding carboxylic acids is 1. The molecule has 6 nitrogen and oxygen atoms in total. The highest BCUT2D eigenvalue weighted by atomic mass is 16.1. The van der Waals surface area contributed by atoms with Gasteiger partial charge in [-0.05, 0) is 36.4 Å². The first kappa shape index (κ1) is 18.2. The summed E-state index contributed by atoms with van der Waals surface area (Å²) < 4.78 is 0. The molecule has 0 radical (unpaired) electrons. The van der Waals surface area contributed by atoms with E-state index < -0.39 is 0 Å². The van der Waals surface area contributed by atoms with Crippen molar-refractivity contribution in [3.63, 3.8) is 0 Å². The molecule has 2 N–H and O–H groups in total. The summed E-state index contributed by atoms with van der Waals surface area (Å²) in [5.74, 6) is 0.0174. The monoisotopic (exact) mass is 389 g/mol. The van der Waals surface area contributed by atoms with E-state index in [9.17, 15) is 4.79 Å². The first-order valence-electron chi connectivity index (χ1n) is 10.3. The third kappa shape index (κ3) is 3.08. The highest BCUT2D eigenvalue weighted by Gasteiger charge is 2.31. The molecular formula is C23H27N5O. The maximum Gasteiger partial charge on any atom is 0.251 e. The lowest BCUT2D eigenvalue weighted by molar-refractivity contribution is 0.0930. The molecule has 0 bridgehead atoms. The Hall–Kier alpha value is -2.86. The fourth-order valence-corrected chi connectivity index (χ4v) is 4.43. The second kappa shape index (κ2) is 6.59. The average Bonchev–Trinajstić information content (AvgIpc) is 3.15. The number of aromatic nitrogens is 2. The average molecular weight is 390 g/mol. The molecule has 2 aliphatic rings. The number of aromatic amines is 1. The highest BCUT2D eigenvalue weighted by Crippen LogP contribution is 2.36. The van der Waals surface area contributed by atoms with Gasteiger partial charge in [0.15, 0.2) is 0 Å². The first-order chi connectivity index (χ1) is 13.9. The summed E-state index contributed by atoms with van der Waals surface area (Å²) in [5, 5.41) is 4.12. The number of H-pyrrole nitrogens is 1. The Morgan fingerprint density at radius 2 is 1.86 bits per heavy atom. The molecule has 0 unspecified atom stereocenters. The van der Waals surface area contributed by atoms with E-state index in [0.717, 1.165) is 59.5 Å². The van der Waals surface area contributed by atoms with Crippen molar-refractivity contribution in [3.8, 4) is 11.1 Å². The number of likely N-dealkylation sites (N-methyl/N-ethyl adjacent to an activating group) is 1. The number of nitrogens with zero attached hydrogens (tertiary/aromatic N) is 3. The van der Waals surface area contributed by atoms with Crippen LogP contribution in [0.3, 0.4) is 0 Å². The van der Waals surface area contributed by atoms with Crippen LogP contribution in [-0.2, 0) is 5.41 Å².